The Labute approximate surface area is 83.1 Å². The molecule has 82 valence electrons. The zero-order chi connectivity index (χ0) is 11.2. The lowest BCUT2D eigenvalue weighted by Crippen LogP contribution is -2.52. The van der Waals surface area contributed by atoms with Crippen molar-refractivity contribution in [3.63, 3.8) is 0 Å². The van der Waals surface area contributed by atoms with Crippen LogP contribution in [-0.2, 0) is 9.53 Å². The second kappa shape index (κ2) is 5.72. The normalized spacial score (nSPS) is 16.2. The predicted octanol–water partition coefficient (Wildman–Crippen LogP) is 0.122. The minimum absolute atomic E-state index is 0.174. The van der Waals surface area contributed by atoms with Gasteiger partial charge in [-0.3, -0.25) is 0 Å². The van der Waals surface area contributed by atoms with E-state index in [1.54, 1.807) is 13.8 Å². The highest BCUT2D eigenvalue weighted by atomic mass is 19.1. The summed E-state index contributed by atoms with van der Waals surface area (Å²) >= 11 is 0. The third-order valence-corrected chi connectivity index (χ3v) is 1.98. The Morgan fingerprint density at radius 3 is 2.57 bits per heavy atom. The van der Waals surface area contributed by atoms with Crippen LogP contribution >= 0.6 is 0 Å². The molecule has 0 aliphatic rings. The van der Waals surface area contributed by atoms with Crippen molar-refractivity contribution in [1.29, 1.82) is 0 Å². The molecule has 4 N–H and O–H groups in total. The van der Waals surface area contributed by atoms with Crippen molar-refractivity contribution in [3.8, 4) is 0 Å². The molecular weight excluding hydrogens is 187 g/mol. The van der Waals surface area contributed by atoms with E-state index in [4.69, 9.17) is 11.5 Å². The number of hydrogen-bond acceptors (Lipinski definition) is 4. The van der Waals surface area contributed by atoms with E-state index in [0.29, 0.717) is 5.57 Å². The number of rotatable bonds is 5. The van der Waals surface area contributed by atoms with E-state index in [1.165, 1.54) is 6.08 Å². The SMILES string of the molecule is CCOC(=O)C(N)(CF)C(C)=CCN. The molecule has 1 atom stereocenters. The monoisotopic (exact) mass is 204 g/mol. The topological polar surface area (TPSA) is 78.3 Å². The number of ether oxygens (including phenoxy) is 1. The Morgan fingerprint density at radius 2 is 2.21 bits per heavy atom. The molecule has 0 amide bonds. The minimum atomic E-state index is -1.69. The summed E-state index contributed by atoms with van der Waals surface area (Å²) in [4.78, 5) is 11.3. The molecule has 14 heavy (non-hydrogen) atoms. The van der Waals surface area contributed by atoms with Crippen molar-refractivity contribution >= 4 is 5.97 Å². The number of carbonyl (C=O) groups is 1. The molecule has 0 aliphatic carbocycles. The van der Waals surface area contributed by atoms with Gasteiger partial charge in [-0.25, -0.2) is 9.18 Å². The largest absolute Gasteiger partial charge is 0.464 e. The van der Waals surface area contributed by atoms with Gasteiger partial charge in [0.25, 0.3) is 0 Å². The van der Waals surface area contributed by atoms with Crippen LogP contribution in [0.15, 0.2) is 11.6 Å². The number of carbonyl (C=O) groups excluding carboxylic acids is 1. The summed E-state index contributed by atoms with van der Waals surface area (Å²) in [6, 6.07) is 0. The molecule has 0 heterocycles. The summed E-state index contributed by atoms with van der Waals surface area (Å²) in [7, 11) is 0. The van der Waals surface area contributed by atoms with Crippen LogP contribution in [-0.4, -0.2) is 31.3 Å². The fourth-order valence-electron chi connectivity index (χ4n) is 0.940. The van der Waals surface area contributed by atoms with Gasteiger partial charge in [0.05, 0.1) is 6.61 Å². The molecule has 0 aromatic heterocycles. The highest BCUT2D eigenvalue weighted by Gasteiger charge is 2.37. The maximum atomic E-state index is 12.7. The van der Waals surface area contributed by atoms with Gasteiger partial charge in [0, 0.05) is 6.54 Å². The summed E-state index contributed by atoms with van der Waals surface area (Å²) < 4.78 is 17.4. The molecule has 5 heteroatoms. The molecule has 0 aromatic rings. The van der Waals surface area contributed by atoms with Gasteiger partial charge in [-0.2, -0.15) is 0 Å². The van der Waals surface area contributed by atoms with E-state index in [0.717, 1.165) is 0 Å². The third-order valence-electron chi connectivity index (χ3n) is 1.98. The number of halogens is 1. The van der Waals surface area contributed by atoms with Crippen LogP contribution in [0, 0.1) is 0 Å². The molecule has 0 aliphatic heterocycles. The average Bonchev–Trinajstić information content (AvgIpc) is 2.17. The lowest BCUT2D eigenvalue weighted by atomic mass is 9.93. The summed E-state index contributed by atoms with van der Waals surface area (Å²) in [6.45, 7) is 2.59. The minimum Gasteiger partial charge on any atom is -0.464 e. The Kier molecular flexibility index (Phi) is 5.34. The first kappa shape index (κ1) is 13.1. The highest BCUT2D eigenvalue weighted by molar-refractivity contribution is 5.84. The fourth-order valence-corrected chi connectivity index (χ4v) is 0.940. The van der Waals surface area contributed by atoms with Gasteiger partial charge < -0.3 is 16.2 Å². The van der Waals surface area contributed by atoms with Crippen LogP contribution in [0.1, 0.15) is 13.8 Å². The number of nitrogens with two attached hydrogens (primary N) is 2. The lowest BCUT2D eigenvalue weighted by molar-refractivity contribution is -0.148. The van der Waals surface area contributed by atoms with Crippen molar-refractivity contribution in [1.82, 2.24) is 0 Å². The summed E-state index contributed by atoms with van der Waals surface area (Å²) in [5.41, 5.74) is 9.54. The molecule has 0 aromatic carbocycles. The summed E-state index contributed by atoms with van der Waals surface area (Å²) in [6.07, 6.45) is 1.51. The van der Waals surface area contributed by atoms with Crippen molar-refractivity contribution in [2.45, 2.75) is 19.4 Å². The molecule has 0 spiro atoms. The quantitative estimate of drug-likeness (QED) is 0.492. The first-order valence-corrected chi connectivity index (χ1v) is 4.42. The van der Waals surface area contributed by atoms with Crippen molar-refractivity contribution in [2.24, 2.45) is 11.5 Å². The van der Waals surface area contributed by atoms with Crippen molar-refractivity contribution < 1.29 is 13.9 Å². The van der Waals surface area contributed by atoms with Gasteiger partial charge >= 0.3 is 5.97 Å². The van der Waals surface area contributed by atoms with E-state index in [1.807, 2.05) is 0 Å². The van der Waals surface area contributed by atoms with E-state index in [9.17, 15) is 9.18 Å². The van der Waals surface area contributed by atoms with Gasteiger partial charge in [0.1, 0.15) is 6.67 Å². The molecule has 0 saturated heterocycles. The van der Waals surface area contributed by atoms with Crippen LogP contribution < -0.4 is 11.5 Å². The Hall–Kier alpha value is -0.940. The lowest BCUT2D eigenvalue weighted by Gasteiger charge is -2.24. The van der Waals surface area contributed by atoms with Crippen LogP contribution in [0.4, 0.5) is 4.39 Å². The number of hydrogen-bond donors (Lipinski definition) is 2. The van der Waals surface area contributed by atoms with Gasteiger partial charge in [-0.05, 0) is 19.4 Å². The van der Waals surface area contributed by atoms with E-state index in [-0.39, 0.29) is 13.2 Å². The molecule has 0 fully saturated rings. The Balaban J connectivity index is 4.78. The van der Waals surface area contributed by atoms with E-state index < -0.39 is 18.2 Å². The molecule has 0 saturated carbocycles. The third kappa shape index (κ3) is 2.78. The predicted molar refractivity (Wildman–Crippen MR) is 52.3 cm³/mol. The van der Waals surface area contributed by atoms with Crippen LogP contribution in [0.5, 0.6) is 0 Å². The highest BCUT2D eigenvalue weighted by Crippen LogP contribution is 2.16. The Morgan fingerprint density at radius 1 is 1.64 bits per heavy atom. The van der Waals surface area contributed by atoms with Gasteiger partial charge in [0.15, 0.2) is 5.54 Å². The number of esters is 1. The molecule has 0 bridgehead atoms. The van der Waals surface area contributed by atoms with Gasteiger partial charge in [-0.15, -0.1) is 0 Å². The van der Waals surface area contributed by atoms with Crippen LogP contribution in [0.25, 0.3) is 0 Å². The standard InChI is InChI=1S/C9H17FN2O2/c1-3-14-8(13)9(12,6-10)7(2)4-5-11/h4H,3,5-6,11-12H2,1-2H3. The smallest absolute Gasteiger partial charge is 0.333 e. The maximum absolute atomic E-state index is 12.7. The van der Waals surface area contributed by atoms with Crippen molar-refractivity contribution in [3.05, 3.63) is 11.6 Å². The fraction of sp³-hybridized carbons (Fsp3) is 0.667. The maximum Gasteiger partial charge on any atom is 0.333 e. The van der Waals surface area contributed by atoms with Crippen molar-refractivity contribution in [2.75, 3.05) is 19.8 Å². The molecular formula is C9H17FN2O2. The van der Waals surface area contributed by atoms with Crippen LogP contribution in [0.3, 0.4) is 0 Å². The van der Waals surface area contributed by atoms with Crippen LogP contribution in [0.2, 0.25) is 0 Å². The molecule has 1 unspecified atom stereocenters. The molecule has 4 nitrogen and oxygen atoms in total. The average molecular weight is 204 g/mol. The van der Waals surface area contributed by atoms with E-state index >= 15 is 0 Å². The van der Waals surface area contributed by atoms with Gasteiger partial charge in [0.2, 0.25) is 0 Å². The number of alkyl halides is 1. The summed E-state index contributed by atoms with van der Waals surface area (Å²) in [5.74, 6) is -0.760. The first-order valence-electron chi connectivity index (χ1n) is 4.42. The molecule has 0 rings (SSSR count). The zero-order valence-corrected chi connectivity index (χ0v) is 8.55. The second-order valence-corrected chi connectivity index (χ2v) is 2.95. The Bertz CT molecular complexity index is 231. The molecule has 0 radical (unpaired) electrons. The zero-order valence-electron chi connectivity index (χ0n) is 8.55. The second-order valence-electron chi connectivity index (χ2n) is 2.95. The first-order chi connectivity index (χ1) is 6.52. The van der Waals surface area contributed by atoms with Gasteiger partial charge in [-0.1, -0.05) is 6.08 Å². The summed E-state index contributed by atoms with van der Waals surface area (Å²) in [5, 5.41) is 0. The van der Waals surface area contributed by atoms with E-state index in [2.05, 4.69) is 4.74 Å².